The van der Waals surface area contributed by atoms with Crippen molar-refractivity contribution < 1.29 is 5.11 Å². The zero-order valence-electron chi connectivity index (χ0n) is 17.2. The average Bonchev–Trinajstić information content (AvgIpc) is 3.54. The Bertz CT molecular complexity index is 1200. The fourth-order valence-corrected chi connectivity index (χ4v) is 5.54. The molecule has 0 aliphatic heterocycles. The Labute approximate surface area is 177 Å². The van der Waals surface area contributed by atoms with Crippen molar-refractivity contribution in [2.24, 2.45) is 5.92 Å². The van der Waals surface area contributed by atoms with E-state index in [1.807, 2.05) is 12.5 Å². The van der Waals surface area contributed by atoms with Crippen LogP contribution in [-0.4, -0.2) is 14.5 Å². The fourth-order valence-electron chi connectivity index (χ4n) is 5.54. The smallest absolute Gasteiger partial charge is 0.0995 e. The summed E-state index contributed by atoms with van der Waals surface area (Å²) in [6, 6.07) is 19.9. The van der Waals surface area contributed by atoms with Crippen molar-refractivity contribution in [3.05, 3.63) is 83.9 Å². The molecule has 30 heavy (non-hydrogen) atoms. The van der Waals surface area contributed by atoms with Crippen molar-refractivity contribution in [3.63, 3.8) is 0 Å². The molecule has 2 aliphatic rings. The van der Waals surface area contributed by atoms with Crippen molar-refractivity contribution >= 4 is 16.3 Å². The number of aromatic nitrogens is 2. The molecule has 0 amide bonds. The van der Waals surface area contributed by atoms with Gasteiger partial charge in [-0.1, -0.05) is 48.5 Å². The van der Waals surface area contributed by atoms with Crippen molar-refractivity contribution in [1.82, 2.24) is 9.38 Å². The van der Waals surface area contributed by atoms with Crippen molar-refractivity contribution in [1.29, 1.82) is 0 Å². The maximum atomic E-state index is 11.5. The van der Waals surface area contributed by atoms with E-state index < -0.39 is 6.10 Å². The van der Waals surface area contributed by atoms with Crippen LogP contribution >= 0.6 is 0 Å². The molecular weight excluding hydrogens is 368 g/mol. The molecule has 0 saturated heterocycles. The van der Waals surface area contributed by atoms with Crippen LogP contribution in [0.3, 0.4) is 0 Å². The van der Waals surface area contributed by atoms with E-state index in [1.165, 1.54) is 34.7 Å². The Balaban J connectivity index is 1.24. The molecule has 152 valence electrons. The number of imidazole rings is 1. The third-order valence-corrected chi connectivity index (χ3v) is 7.42. The zero-order chi connectivity index (χ0) is 20.1. The molecule has 3 heteroatoms. The topological polar surface area (TPSA) is 37.5 Å². The van der Waals surface area contributed by atoms with Gasteiger partial charge in [0.15, 0.2) is 0 Å². The molecule has 2 saturated carbocycles. The number of hydrogen-bond acceptors (Lipinski definition) is 2. The van der Waals surface area contributed by atoms with Gasteiger partial charge in [-0.15, -0.1) is 0 Å². The quantitative estimate of drug-likeness (QED) is 0.435. The molecule has 1 N–H and O–H groups in total. The van der Waals surface area contributed by atoms with E-state index in [0.29, 0.717) is 17.8 Å². The fraction of sp³-hybridized carbons (Fsp3) is 0.370. The van der Waals surface area contributed by atoms with Crippen LogP contribution < -0.4 is 0 Å². The lowest BCUT2D eigenvalue weighted by atomic mass is 9.75. The number of rotatable bonds is 4. The van der Waals surface area contributed by atoms with Crippen LogP contribution in [0.4, 0.5) is 0 Å². The summed E-state index contributed by atoms with van der Waals surface area (Å²) in [5.41, 5.74) is 4.97. The second-order valence-electron chi connectivity index (χ2n) is 9.30. The summed E-state index contributed by atoms with van der Waals surface area (Å²) in [4.78, 5) is 4.34. The first-order valence-corrected chi connectivity index (χ1v) is 11.4. The molecule has 3 nitrogen and oxygen atoms in total. The SMILES string of the molecule is O[C@H](c1c(C2CC2)ccc2cncn12)[C@H]1CC[C@H](c2ccc3ccccc3c2)CC1. The maximum Gasteiger partial charge on any atom is 0.0995 e. The summed E-state index contributed by atoms with van der Waals surface area (Å²) in [6.45, 7) is 0. The Morgan fingerprint density at radius 3 is 2.40 bits per heavy atom. The van der Waals surface area contributed by atoms with Gasteiger partial charge in [-0.05, 0) is 84.2 Å². The van der Waals surface area contributed by atoms with Gasteiger partial charge in [-0.2, -0.15) is 0 Å². The second-order valence-corrected chi connectivity index (χ2v) is 9.30. The van der Waals surface area contributed by atoms with E-state index in [0.717, 1.165) is 36.9 Å². The summed E-state index contributed by atoms with van der Waals surface area (Å²) in [7, 11) is 0. The van der Waals surface area contributed by atoms with Gasteiger partial charge >= 0.3 is 0 Å². The molecule has 2 fully saturated rings. The van der Waals surface area contributed by atoms with E-state index in [9.17, 15) is 5.11 Å². The van der Waals surface area contributed by atoms with E-state index in [-0.39, 0.29) is 0 Å². The summed E-state index contributed by atoms with van der Waals surface area (Å²) in [5.74, 6) is 1.55. The van der Waals surface area contributed by atoms with Gasteiger partial charge in [0, 0.05) is 0 Å². The lowest BCUT2D eigenvalue weighted by molar-refractivity contribution is 0.0754. The van der Waals surface area contributed by atoms with E-state index in [4.69, 9.17) is 0 Å². The van der Waals surface area contributed by atoms with Gasteiger partial charge in [0.1, 0.15) is 0 Å². The minimum absolute atomic E-state index is 0.326. The summed E-state index contributed by atoms with van der Waals surface area (Å²) in [5, 5.41) is 14.1. The molecule has 2 aromatic carbocycles. The highest BCUT2D eigenvalue weighted by molar-refractivity contribution is 5.83. The number of aliphatic hydroxyl groups excluding tert-OH is 1. The summed E-state index contributed by atoms with van der Waals surface area (Å²) >= 11 is 0. The van der Waals surface area contributed by atoms with Crippen LogP contribution in [0.25, 0.3) is 16.3 Å². The molecule has 0 spiro atoms. The minimum atomic E-state index is -0.406. The number of benzene rings is 2. The molecule has 0 radical (unpaired) electrons. The van der Waals surface area contributed by atoms with Gasteiger partial charge in [0.25, 0.3) is 0 Å². The van der Waals surface area contributed by atoms with Crippen LogP contribution in [0.15, 0.2) is 67.1 Å². The normalized spacial score (nSPS) is 23.1. The van der Waals surface area contributed by atoms with E-state index in [2.05, 4.69) is 64.0 Å². The molecule has 0 bridgehead atoms. The molecule has 2 aliphatic carbocycles. The van der Waals surface area contributed by atoms with Gasteiger partial charge in [-0.3, -0.25) is 0 Å². The highest BCUT2D eigenvalue weighted by Gasteiger charge is 2.34. The average molecular weight is 397 g/mol. The second kappa shape index (κ2) is 7.24. The Kier molecular flexibility index (Phi) is 4.38. The molecule has 2 aromatic heterocycles. The number of aliphatic hydroxyl groups is 1. The molecule has 4 aromatic rings. The predicted octanol–water partition coefficient (Wildman–Crippen LogP) is 6.37. The first-order chi connectivity index (χ1) is 14.8. The van der Waals surface area contributed by atoms with Crippen LogP contribution in [0, 0.1) is 5.92 Å². The first kappa shape index (κ1) is 18.1. The van der Waals surface area contributed by atoms with E-state index in [1.54, 1.807) is 0 Å². The van der Waals surface area contributed by atoms with Crippen LogP contribution in [0.5, 0.6) is 0 Å². The van der Waals surface area contributed by atoms with Crippen LogP contribution in [0.1, 0.15) is 73.3 Å². The van der Waals surface area contributed by atoms with Crippen molar-refractivity contribution in [3.8, 4) is 0 Å². The Hall–Kier alpha value is -2.65. The summed E-state index contributed by atoms with van der Waals surface area (Å²) < 4.78 is 2.13. The first-order valence-electron chi connectivity index (χ1n) is 11.4. The molecule has 1 atom stereocenters. The van der Waals surface area contributed by atoms with Gasteiger partial charge in [-0.25, -0.2) is 4.98 Å². The van der Waals surface area contributed by atoms with Crippen LogP contribution in [-0.2, 0) is 0 Å². The van der Waals surface area contributed by atoms with Gasteiger partial charge < -0.3 is 9.51 Å². The van der Waals surface area contributed by atoms with Gasteiger partial charge in [0.05, 0.1) is 29.8 Å². The van der Waals surface area contributed by atoms with E-state index >= 15 is 0 Å². The lowest BCUT2D eigenvalue weighted by Gasteiger charge is -2.33. The summed E-state index contributed by atoms with van der Waals surface area (Å²) in [6.07, 6.45) is 10.3. The predicted molar refractivity (Wildman–Crippen MR) is 121 cm³/mol. The third-order valence-electron chi connectivity index (χ3n) is 7.42. The number of pyridine rings is 1. The monoisotopic (exact) mass is 396 g/mol. The number of hydrogen-bond donors (Lipinski definition) is 1. The maximum absolute atomic E-state index is 11.5. The number of nitrogens with zero attached hydrogens (tertiary/aromatic N) is 2. The largest absolute Gasteiger partial charge is 0.387 e. The minimum Gasteiger partial charge on any atom is -0.387 e. The molecule has 0 unspecified atom stereocenters. The van der Waals surface area contributed by atoms with Crippen molar-refractivity contribution in [2.45, 2.75) is 56.5 Å². The van der Waals surface area contributed by atoms with Crippen LogP contribution in [0.2, 0.25) is 0 Å². The van der Waals surface area contributed by atoms with Crippen molar-refractivity contribution in [2.75, 3.05) is 0 Å². The Morgan fingerprint density at radius 2 is 1.60 bits per heavy atom. The lowest BCUT2D eigenvalue weighted by Crippen LogP contribution is -2.22. The Morgan fingerprint density at radius 1 is 0.833 bits per heavy atom. The molecule has 2 heterocycles. The molecule has 6 rings (SSSR count). The molecular formula is C27H28N2O. The third kappa shape index (κ3) is 3.13. The number of fused-ring (bicyclic) bond motifs is 2. The standard InChI is InChI=1S/C27H28N2O/c30-27(26-25(20-8-9-20)14-13-24-16-28-17-29(24)26)21-10-5-19(6-11-21)23-12-7-18-3-1-2-4-22(18)15-23/h1-4,7,12-17,19-21,27,30H,5-6,8-11H2/t19-,21-,27-/m0/s1. The zero-order valence-corrected chi connectivity index (χ0v) is 17.2. The van der Waals surface area contributed by atoms with Gasteiger partial charge in [0.2, 0.25) is 0 Å². The highest BCUT2D eigenvalue weighted by Crippen LogP contribution is 2.47. The highest BCUT2D eigenvalue weighted by atomic mass is 16.3.